The van der Waals surface area contributed by atoms with Crippen LogP contribution in [0.3, 0.4) is 0 Å². The van der Waals surface area contributed by atoms with Gasteiger partial charge < -0.3 is 14.6 Å². The molecule has 0 fully saturated rings. The summed E-state index contributed by atoms with van der Waals surface area (Å²) in [6.45, 7) is 2.83. The number of imidazole rings is 1. The van der Waals surface area contributed by atoms with Gasteiger partial charge in [-0.3, -0.25) is 9.36 Å². The molecule has 0 saturated heterocycles. The van der Waals surface area contributed by atoms with E-state index in [0.717, 1.165) is 19.3 Å². The molecule has 0 atom stereocenters. The van der Waals surface area contributed by atoms with E-state index in [1.165, 1.54) is 4.40 Å². The number of aromatic nitrogens is 8. The number of hydrogen-bond acceptors (Lipinski definition) is 8. The largest absolute Gasteiger partial charge is 0.508 e. The van der Waals surface area contributed by atoms with Crippen LogP contribution in [0.15, 0.2) is 38.3 Å². The molecule has 33 heavy (non-hydrogen) atoms. The molecule has 11 nitrogen and oxygen atoms in total. The molecule has 4 heterocycles. The van der Waals surface area contributed by atoms with Crippen molar-refractivity contribution in [3.63, 3.8) is 0 Å². The van der Waals surface area contributed by atoms with Gasteiger partial charge in [0.25, 0.3) is 11.4 Å². The average molecular weight is 513 g/mol. The van der Waals surface area contributed by atoms with Crippen LogP contribution in [0.2, 0.25) is 0 Å². The van der Waals surface area contributed by atoms with Crippen molar-refractivity contribution in [2.24, 2.45) is 0 Å². The second kappa shape index (κ2) is 8.77. The first-order valence-electron chi connectivity index (χ1n) is 10.7. The normalized spacial score (nSPS) is 11.7. The maximum absolute atomic E-state index is 13.2. The van der Waals surface area contributed by atoms with E-state index in [1.807, 2.05) is 4.57 Å². The number of aromatic amines is 1. The fourth-order valence-electron chi connectivity index (χ4n) is 3.76. The van der Waals surface area contributed by atoms with Crippen LogP contribution in [-0.2, 0) is 19.4 Å². The number of H-pyrrole nitrogens is 1. The highest BCUT2D eigenvalue weighted by molar-refractivity contribution is 9.10. The summed E-state index contributed by atoms with van der Waals surface area (Å²) in [5, 5.41) is 22.1. The third-order valence-electron chi connectivity index (χ3n) is 5.42. The van der Waals surface area contributed by atoms with Crippen LogP contribution in [0, 0.1) is 0 Å². The van der Waals surface area contributed by atoms with Crippen molar-refractivity contribution < 1.29 is 9.63 Å². The molecule has 0 amide bonds. The smallest absolute Gasteiger partial charge is 0.286 e. The lowest BCUT2D eigenvalue weighted by Gasteiger charge is -2.09. The Hall–Kier alpha value is -3.54. The molecule has 0 bridgehead atoms. The Balaban J connectivity index is 1.46. The summed E-state index contributed by atoms with van der Waals surface area (Å²) in [7, 11) is 0. The Labute approximate surface area is 195 Å². The Morgan fingerprint density at radius 1 is 1.12 bits per heavy atom. The summed E-state index contributed by atoms with van der Waals surface area (Å²) < 4.78 is 9.29. The first-order valence-corrected chi connectivity index (χ1v) is 11.5. The minimum absolute atomic E-state index is 0.163. The molecule has 5 aromatic rings. The van der Waals surface area contributed by atoms with E-state index in [4.69, 9.17) is 4.52 Å². The third kappa shape index (κ3) is 4.01. The van der Waals surface area contributed by atoms with Gasteiger partial charge in [0.2, 0.25) is 5.78 Å². The van der Waals surface area contributed by atoms with Crippen LogP contribution in [0.4, 0.5) is 0 Å². The number of nitrogens with one attached hydrogen (secondary N) is 1. The summed E-state index contributed by atoms with van der Waals surface area (Å²) in [6.07, 6.45) is 3.91. The maximum atomic E-state index is 13.2. The van der Waals surface area contributed by atoms with Crippen molar-refractivity contribution in [3.8, 4) is 17.2 Å². The SMILES string of the molecule is CCCCCn1c2nc(Br)[nH]c2c(=O)n2c(CCc3noc(-c4ccc(O)cc4)n3)nnc12. The average Bonchev–Trinajstić information content (AvgIpc) is 3.53. The Morgan fingerprint density at radius 3 is 2.73 bits per heavy atom. The van der Waals surface area contributed by atoms with E-state index >= 15 is 0 Å². The van der Waals surface area contributed by atoms with Gasteiger partial charge in [0, 0.05) is 24.9 Å². The molecular formula is C21H21BrN8O3. The second-order valence-corrected chi connectivity index (χ2v) is 8.46. The quantitative estimate of drug-likeness (QED) is 0.238. The van der Waals surface area contributed by atoms with Crippen LogP contribution in [-0.4, -0.2) is 44.4 Å². The topological polar surface area (TPSA) is 140 Å². The lowest BCUT2D eigenvalue weighted by Crippen LogP contribution is -2.21. The van der Waals surface area contributed by atoms with Crippen LogP contribution in [0.5, 0.6) is 5.75 Å². The lowest BCUT2D eigenvalue weighted by atomic mass is 10.2. The first kappa shape index (κ1) is 21.3. The fraction of sp³-hybridized carbons (Fsp3) is 0.333. The van der Waals surface area contributed by atoms with E-state index in [9.17, 15) is 9.90 Å². The van der Waals surface area contributed by atoms with Gasteiger partial charge in [-0.15, -0.1) is 10.2 Å². The van der Waals surface area contributed by atoms with Crippen molar-refractivity contribution in [1.82, 2.24) is 39.3 Å². The van der Waals surface area contributed by atoms with Gasteiger partial charge in [-0.25, -0.2) is 9.38 Å². The second-order valence-electron chi connectivity index (χ2n) is 7.70. The molecule has 5 rings (SSSR count). The molecule has 0 unspecified atom stereocenters. The number of benzene rings is 1. The zero-order valence-electron chi connectivity index (χ0n) is 17.8. The highest BCUT2D eigenvalue weighted by atomic mass is 79.9. The predicted octanol–water partition coefficient (Wildman–Crippen LogP) is 3.26. The van der Waals surface area contributed by atoms with E-state index in [2.05, 4.69) is 53.2 Å². The molecular weight excluding hydrogens is 492 g/mol. The van der Waals surface area contributed by atoms with Crippen molar-refractivity contribution in [3.05, 3.63) is 51.0 Å². The summed E-state index contributed by atoms with van der Waals surface area (Å²) in [5.74, 6) is 2.00. The van der Waals surface area contributed by atoms with Gasteiger partial charge in [-0.1, -0.05) is 24.9 Å². The van der Waals surface area contributed by atoms with Gasteiger partial charge in [0.05, 0.1) is 0 Å². The number of nitrogens with zero attached hydrogens (tertiary/aromatic N) is 7. The first-order chi connectivity index (χ1) is 16.0. The molecule has 0 aliphatic carbocycles. The van der Waals surface area contributed by atoms with Gasteiger partial charge in [0.15, 0.2) is 21.7 Å². The molecule has 0 saturated carbocycles. The third-order valence-corrected chi connectivity index (χ3v) is 5.80. The molecule has 2 N–H and O–H groups in total. The van der Waals surface area contributed by atoms with Crippen LogP contribution in [0.25, 0.3) is 28.4 Å². The van der Waals surface area contributed by atoms with Crippen molar-refractivity contribution in [2.75, 3.05) is 0 Å². The number of rotatable bonds is 8. The number of aromatic hydroxyl groups is 1. The Kier molecular flexibility index (Phi) is 5.67. The summed E-state index contributed by atoms with van der Waals surface area (Å²) in [5.41, 5.74) is 1.43. The predicted molar refractivity (Wildman–Crippen MR) is 123 cm³/mol. The number of hydrogen-bond donors (Lipinski definition) is 2. The number of fused-ring (bicyclic) bond motifs is 2. The minimum atomic E-state index is -0.247. The van der Waals surface area contributed by atoms with E-state index < -0.39 is 0 Å². The molecule has 170 valence electrons. The number of halogens is 1. The van der Waals surface area contributed by atoms with Gasteiger partial charge in [-0.05, 0) is 46.6 Å². The molecule has 0 spiro atoms. The van der Waals surface area contributed by atoms with E-state index in [-0.39, 0.29) is 11.3 Å². The van der Waals surface area contributed by atoms with Gasteiger partial charge >= 0.3 is 0 Å². The monoisotopic (exact) mass is 512 g/mol. The molecule has 1 aromatic carbocycles. The van der Waals surface area contributed by atoms with Crippen LogP contribution < -0.4 is 5.56 Å². The lowest BCUT2D eigenvalue weighted by molar-refractivity contribution is 0.422. The zero-order chi connectivity index (χ0) is 22.9. The van der Waals surface area contributed by atoms with Crippen molar-refractivity contribution >= 4 is 32.9 Å². The molecule has 12 heteroatoms. The molecule has 0 radical (unpaired) electrons. The Morgan fingerprint density at radius 2 is 1.94 bits per heavy atom. The number of phenolic OH excluding ortho intramolecular Hbond substituents is 1. The highest BCUT2D eigenvalue weighted by Gasteiger charge is 2.20. The van der Waals surface area contributed by atoms with Crippen LogP contribution in [0.1, 0.15) is 37.8 Å². The van der Waals surface area contributed by atoms with Gasteiger partial charge in [0.1, 0.15) is 11.6 Å². The maximum Gasteiger partial charge on any atom is 0.286 e. The van der Waals surface area contributed by atoms with E-state index in [0.29, 0.717) is 64.2 Å². The van der Waals surface area contributed by atoms with Crippen molar-refractivity contribution in [1.29, 1.82) is 0 Å². The van der Waals surface area contributed by atoms with Crippen LogP contribution >= 0.6 is 15.9 Å². The zero-order valence-corrected chi connectivity index (χ0v) is 19.4. The summed E-state index contributed by atoms with van der Waals surface area (Å²) >= 11 is 3.34. The fourth-order valence-corrected chi connectivity index (χ4v) is 4.13. The van der Waals surface area contributed by atoms with Gasteiger partial charge in [-0.2, -0.15) is 4.98 Å². The highest BCUT2D eigenvalue weighted by Crippen LogP contribution is 2.21. The number of phenols is 1. The summed E-state index contributed by atoms with van der Waals surface area (Å²) in [6, 6.07) is 6.52. The summed E-state index contributed by atoms with van der Waals surface area (Å²) in [4.78, 5) is 25.1. The number of aryl methyl sites for hydroxylation is 3. The molecule has 0 aliphatic rings. The van der Waals surface area contributed by atoms with E-state index in [1.54, 1.807) is 24.3 Å². The Bertz CT molecular complexity index is 1480. The molecule has 0 aliphatic heterocycles. The minimum Gasteiger partial charge on any atom is -0.508 e. The molecule has 4 aromatic heterocycles. The number of unbranched alkanes of at least 4 members (excludes halogenated alkanes) is 2. The van der Waals surface area contributed by atoms with Crippen molar-refractivity contribution in [2.45, 2.75) is 45.6 Å². The standard InChI is InChI=1S/C21H21BrN8O3/c1-2-3-4-11-29-17-16(24-20(22)25-17)19(32)30-15(26-27-21(29)30)10-9-14-23-18(33-28-14)12-5-7-13(31)8-6-12/h5-8,31H,2-4,9-11H2,1H3,(H,24,25).